The van der Waals surface area contributed by atoms with E-state index >= 15 is 0 Å². The van der Waals surface area contributed by atoms with E-state index in [1.807, 2.05) is 39.0 Å². The Bertz CT molecular complexity index is 1260. The summed E-state index contributed by atoms with van der Waals surface area (Å²) in [5.74, 6) is -1.15. The molecule has 0 aromatic heterocycles. The Morgan fingerprint density at radius 1 is 0.912 bits per heavy atom. The van der Waals surface area contributed by atoms with Gasteiger partial charge < -0.3 is 10.6 Å². The molecule has 1 aliphatic rings. The van der Waals surface area contributed by atoms with Crippen molar-refractivity contribution in [1.29, 1.82) is 0 Å². The zero-order valence-corrected chi connectivity index (χ0v) is 19.5. The molecule has 1 heterocycles. The van der Waals surface area contributed by atoms with Crippen LogP contribution in [0.1, 0.15) is 53.0 Å². The van der Waals surface area contributed by atoms with Crippen molar-refractivity contribution in [3.05, 3.63) is 71.3 Å². The number of imide groups is 1. The lowest BCUT2D eigenvalue weighted by Gasteiger charge is -2.27. The third-order valence-corrected chi connectivity index (χ3v) is 5.94. The first-order valence-corrected chi connectivity index (χ1v) is 11.4. The lowest BCUT2D eigenvalue weighted by atomic mass is 9.94. The third-order valence-electron chi connectivity index (χ3n) is 5.94. The van der Waals surface area contributed by atoms with Crippen molar-refractivity contribution in [2.75, 3.05) is 17.2 Å². The highest BCUT2D eigenvalue weighted by atomic mass is 16.2. The second kappa shape index (κ2) is 9.47. The molecule has 0 radical (unpaired) electrons. The van der Waals surface area contributed by atoms with E-state index in [0.717, 1.165) is 10.9 Å². The molecule has 4 rings (SSSR count). The lowest BCUT2D eigenvalue weighted by molar-refractivity contribution is -0.119. The van der Waals surface area contributed by atoms with Crippen molar-refractivity contribution in [3.8, 4) is 0 Å². The van der Waals surface area contributed by atoms with Crippen LogP contribution in [0.4, 0.5) is 11.4 Å². The molecule has 0 saturated carbocycles. The van der Waals surface area contributed by atoms with Crippen molar-refractivity contribution in [1.82, 2.24) is 4.90 Å². The van der Waals surface area contributed by atoms with Crippen LogP contribution in [0.25, 0.3) is 10.8 Å². The number of nitrogens with zero attached hydrogens (tertiary/aromatic N) is 1. The summed E-state index contributed by atoms with van der Waals surface area (Å²) < 4.78 is 0. The maximum Gasteiger partial charge on any atom is 0.261 e. The number of hydrogen-bond donors (Lipinski definition) is 2. The lowest BCUT2D eigenvalue weighted by Crippen LogP contribution is -2.41. The van der Waals surface area contributed by atoms with Crippen LogP contribution in [0.3, 0.4) is 0 Å². The first-order chi connectivity index (χ1) is 16.3. The highest BCUT2D eigenvalue weighted by molar-refractivity contribution is 6.25. The highest BCUT2D eigenvalue weighted by Crippen LogP contribution is 2.30. The second-order valence-electron chi connectivity index (χ2n) is 8.80. The predicted octanol–water partition coefficient (Wildman–Crippen LogP) is 4.76. The number of carbonyl (C=O) groups excluding carboxylic acids is 4. The van der Waals surface area contributed by atoms with Crippen LogP contribution in [0, 0.1) is 12.8 Å². The Hall–Kier alpha value is -4.00. The highest BCUT2D eigenvalue weighted by Gasteiger charge is 2.32. The van der Waals surface area contributed by atoms with Gasteiger partial charge in [-0.2, -0.15) is 0 Å². The van der Waals surface area contributed by atoms with Gasteiger partial charge in [0, 0.05) is 46.8 Å². The largest absolute Gasteiger partial charge is 0.326 e. The van der Waals surface area contributed by atoms with Crippen LogP contribution in [-0.2, 0) is 9.59 Å². The molecule has 0 atom stereocenters. The van der Waals surface area contributed by atoms with Gasteiger partial charge in [0.15, 0.2) is 0 Å². The molecule has 3 aromatic carbocycles. The smallest absolute Gasteiger partial charge is 0.261 e. The van der Waals surface area contributed by atoms with Gasteiger partial charge in [0.05, 0.1) is 0 Å². The summed E-state index contributed by atoms with van der Waals surface area (Å²) in [7, 11) is 0. The summed E-state index contributed by atoms with van der Waals surface area (Å²) in [6.07, 6.45) is 0.481. The standard InChI is InChI=1S/C27H27N3O4/c1-16(2)25(32)28-19-13-12-17(3)22(15-19)29-23(31)11-6-14-30-26(33)20-9-4-7-18-8-5-10-21(24(18)20)27(30)34/h4-5,7-10,12-13,15-16H,6,11,14H2,1-3H3,(H,28,32)(H,29,31). The molecule has 1 aliphatic heterocycles. The van der Waals surface area contributed by atoms with Crippen LogP contribution in [0.2, 0.25) is 0 Å². The first-order valence-electron chi connectivity index (χ1n) is 11.4. The van der Waals surface area contributed by atoms with Gasteiger partial charge in [-0.25, -0.2) is 0 Å². The molecule has 4 amide bonds. The summed E-state index contributed by atoms with van der Waals surface area (Å²) in [6, 6.07) is 16.2. The number of anilines is 2. The van der Waals surface area contributed by atoms with E-state index in [0.29, 0.717) is 34.3 Å². The predicted molar refractivity (Wildman–Crippen MR) is 132 cm³/mol. The molecule has 3 aromatic rings. The van der Waals surface area contributed by atoms with Crippen LogP contribution in [-0.4, -0.2) is 35.1 Å². The van der Waals surface area contributed by atoms with Gasteiger partial charge in [-0.05, 0) is 48.6 Å². The summed E-state index contributed by atoms with van der Waals surface area (Å²) in [6.45, 7) is 5.64. The van der Waals surface area contributed by atoms with E-state index in [1.54, 1.807) is 36.4 Å². The third kappa shape index (κ3) is 4.55. The average molecular weight is 458 g/mol. The fourth-order valence-electron chi connectivity index (χ4n) is 4.02. The van der Waals surface area contributed by atoms with E-state index < -0.39 is 0 Å². The molecule has 0 bridgehead atoms. The Labute approximate surface area is 198 Å². The van der Waals surface area contributed by atoms with Gasteiger partial charge in [0.2, 0.25) is 11.8 Å². The zero-order valence-electron chi connectivity index (χ0n) is 19.5. The molecule has 7 heteroatoms. The van der Waals surface area contributed by atoms with Crippen molar-refractivity contribution in [2.45, 2.75) is 33.6 Å². The maximum atomic E-state index is 13.0. The van der Waals surface area contributed by atoms with Gasteiger partial charge in [-0.15, -0.1) is 0 Å². The van der Waals surface area contributed by atoms with Gasteiger partial charge in [0.1, 0.15) is 0 Å². The number of amides is 4. The fourth-order valence-corrected chi connectivity index (χ4v) is 4.02. The minimum atomic E-state index is -0.334. The molecule has 0 unspecified atom stereocenters. The van der Waals surface area contributed by atoms with Gasteiger partial charge in [-0.1, -0.05) is 44.2 Å². The number of carbonyl (C=O) groups is 4. The summed E-state index contributed by atoms with van der Waals surface area (Å²) in [5.41, 5.74) is 3.09. The average Bonchev–Trinajstić information content (AvgIpc) is 2.81. The number of benzene rings is 3. The second-order valence-corrected chi connectivity index (χ2v) is 8.80. The Balaban J connectivity index is 1.39. The number of rotatable bonds is 7. The fraction of sp³-hybridized carbons (Fsp3) is 0.259. The molecule has 34 heavy (non-hydrogen) atoms. The number of aryl methyl sites for hydroxylation is 1. The molecule has 0 fully saturated rings. The first kappa shape index (κ1) is 23.2. The molecule has 2 N–H and O–H groups in total. The molecule has 0 aliphatic carbocycles. The van der Waals surface area contributed by atoms with Gasteiger partial charge in [0.25, 0.3) is 11.8 Å². The van der Waals surface area contributed by atoms with Crippen LogP contribution in [0.15, 0.2) is 54.6 Å². The summed E-state index contributed by atoms with van der Waals surface area (Å²) in [4.78, 5) is 51.7. The van der Waals surface area contributed by atoms with Crippen molar-refractivity contribution >= 4 is 45.8 Å². The van der Waals surface area contributed by atoms with Crippen LogP contribution in [0.5, 0.6) is 0 Å². The van der Waals surface area contributed by atoms with E-state index in [1.165, 1.54) is 4.90 Å². The van der Waals surface area contributed by atoms with E-state index in [4.69, 9.17) is 0 Å². The quantitative estimate of drug-likeness (QED) is 0.500. The summed E-state index contributed by atoms with van der Waals surface area (Å²) in [5, 5.41) is 7.24. The van der Waals surface area contributed by atoms with E-state index in [9.17, 15) is 19.2 Å². The normalized spacial score (nSPS) is 12.9. The van der Waals surface area contributed by atoms with E-state index in [-0.39, 0.29) is 42.5 Å². The Kier molecular flexibility index (Phi) is 6.45. The van der Waals surface area contributed by atoms with Crippen LogP contribution >= 0.6 is 0 Å². The Morgan fingerprint density at radius 2 is 1.56 bits per heavy atom. The Morgan fingerprint density at radius 3 is 2.18 bits per heavy atom. The van der Waals surface area contributed by atoms with Crippen molar-refractivity contribution in [3.63, 3.8) is 0 Å². The summed E-state index contributed by atoms with van der Waals surface area (Å²) >= 11 is 0. The van der Waals surface area contributed by atoms with Crippen molar-refractivity contribution < 1.29 is 19.2 Å². The maximum absolute atomic E-state index is 13.0. The minimum absolute atomic E-state index is 0.103. The molecular weight excluding hydrogens is 430 g/mol. The van der Waals surface area contributed by atoms with Crippen molar-refractivity contribution in [2.24, 2.45) is 5.92 Å². The molecular formula is C27H27N3O4. The SMILES string of the molecule is Cc1ccc(NC(=O)C(C)C)cc1NC(=O)CCCN1C(=O)c2cccc3cccc(c23)C1=O. The monoisotopic (exact) mass is 457 g/mol. The topological polar surface area (TPSA) is 95.6 Å². The molecule has 7 nitrogen and oxygen atoms in total. The van der Waals surface area contributed by atoms with Gasteiger partial charge >= 0.3 is 0 Å². The molecule has 0 spiro atoms. The number of hydrogen-bond acceptors (Lipinski definition) is 4. The molecule has 174 valence electrons. The van der Waals surface area contributed by atoms with Crippen LogP contribution < -0.4 is 10.6 Å². The zero-order chi connectivity index (χ0) is 24.4. The van der Waals surface area contributed by atoms with E-state index in [2.05, 4.69) is 10.6 Å². The van der Waals surface area contributed by atoms with Gasteiger partial charge in [-0.3, -0.25) is 24.1 Å². The minimum Gasteiger partial charge on any atom is -0.326 e. The molecule has 0 saturated heterocycles. The number of nitrogens with one attached hydrogen (secondary N) is 2.